The molecule has 0 unspecified atom stereocenters. The van der Waals surface area contributed by atoms with Crippen LogP contribution in [0.1, 0.15) is 50.8 Å². The molecule has 0 spiro atoms. The summed E-state index contributed by atoms with van der Waals surface area (Å²) in [5, 5.41) is 0. The van der Waals surface area contributed by atoms with Crippen molar-refractivity contribution in [2.45, 2.75) is 45.4 Å². The summed E-state index contributed by atoms with van der Waals surface area (Å²) in [5.41, 5.74) is 2.33. The normalized spacial score (nSPS) is 15.2. The fourth-order valence-corrected chi connectivity index (χ4v) is 2.28. The Morgan fingerprint density at radius 2 is 2.11 bits per heavy atom. The van der Waals surface area contributed by atoms with Crippen molar-refractivity contribution in [1.29, 1.82) is 0 Å². The Morgan fingerprint density at radius 3 is 2.61 bits per heavy atom. The lowest BCUT2D eigenvalue weighted by Gasteiger charge is -2.23. The minimum Gasteiger partial charge on any atom is -0.357 e. The first kappa shape index (κ1) is 13.7. The molecule has 1 aliphatic rings. The van der Waals surface area contributed by atoms with E-state index in [0.29, 0.717) is 11.8 Å². The highest BCUT2D eigenvalue weighted by Crippen LogP contribution is 2.31. The van der Waals surface area contributed by atoms with Gasteiger partial charge in [-0.2, -0.15) is 0 Å². The number of aromatic nitrogens is 1. The summed E-state index contributed by atoms with van der Waals surface area (Å²) >= 11 is 6.00. The summed E-state index contributed by atoms with van der Waals surface area (Å²) < 4.78 is 0. The number of anilines is 1. The standard InChI is InChI=1S/C15H23ClN2/c1-4-18(10-12-5-6-12)15-8-13(9-16)7-14(17-15)11(2)3/h7-8,11-12H,4-6,9-10H2,1-3H3. The van der Waals surface area contributed by atoms with Gasteiger partial charge in [-0.3, -0.25) is 0 Å². The lowest BCUT2D eigenvalue weighted by molar-refractivity contribution is 0.722. The van der Waals surface area contributed by atoms with Crippen LogP contribution in [-0.4, -0.2) is 18.1 Å². The van der Waals surface area contributed by atoms with Gasteiger partial charge in [0.25, 0.3) is 0 Å². The summed E-state index contributed by atoms with van der Waals surface area (Å²) in [6, 6.07) is 4.27. The highest BCUT2D eigenvalue weighted by molar-refractivity contribution is 6.17. The number of alkyl halides is 1. The van der Waals surface area contributed by atoms with Crippen LogP contribution >= 0.6 is 11.6 Å². The molecule has 3 heteroatoms. The first-order chi connectivity index (χ1) is 8.63. The molecule has 2 rings (SSSR count). The third-order valence-corrected chi connectivity index (χ3v) is 3.83. The number of rotatable bonds is 6. The molecule has 1 aromatic heterocycles. The van der Waals surface area contributed by atoms with E-state index >= 15 is 0 Å². The van der Waals surface area contributed by atoms with Gasteiger partial charge in [0.1, 0.15) is 5.82 Å². The highest BCUT2D eigenvalue weighted by Gasteiger charge is 2.24. The van der Waals surface area contributed by atoms with Gasteiger partial charge in [0.05, 0.1) is 0 Å². The Balaban J connectivity index is 2.25. The maximum Gasteiger partial charge on any atom is 0.129 e. The maximum absolute atomic E-state index is 6.00. The SMILES string of the molecule is CCN(CC1CC1)c1cc(CCl)cc(C(C)C)n1. The van der Waals surface area contributed by atoms with Gasteiger partial charge in [0.2, 0.25) is 0 Å². The second-order valence-corrected chi connectivity index (χ2v) is 5.80. The minimum atomic E-state index is 0.451. The van der Waals surface area contributed by atoms with Crippen LogP contribution in [0.15, 0.2) is 12.1 Å². The van der Waals surface area contributed by atoms with E-state index in [9.17, 15) is 0 Å². The molecule has 18 heavy (non-hydrogen) atoms. The number of hydrogen-bond donors (Lipinski definition) is 0. The largest absolute Gasteiger partial charge is 0.357 e. The van der Waals surface area contributed by atoms with Crippen molar-refractivity contribution < 1.29 is 0 Å². The van der Waals surface area contributed by atoms with Crippen LogP contribution in [-0.2, 0) is 5.88 Å². The monoisotopic (exact) mass is 266 g/mol. The van der Waals surface area contributed by atoms with Gasteiger partial charge in [-0.25, -0.2) is 4.98 Å². The van der Waals surface area contributed by atoms with Crippen molar-refractivity contribution >= 4 is 17.4 Å². The van der Waals surface area contributed by atoms with E-state index < -0.39 is 0 Å². The molecule has 1 fully saturated rings. The average molecular weight is 267 g/mol. The Kier molecular flexibility index (Phi) is 4.50. The molecular formula is C15H23ClN2. The molecule has 0 amide bonds. The maximum atomic E-state index is 6.00. The average Bonchev–Trinajstić information content (AvgIpc) is 3.19. The lowest BCUT2D eigenvalue weighted by atomic mass is 10.1. The lowest BCUT2D eigenvalue weighted by Crippen LogP contribution is -2.26. The Hall–Kier alpha value is -0.760. The Bertz CT molecular complexity index is 399. The predicted octanol–water partition coefficient (Wildman–Crippen LogP) is 4.18. The number of hydrogen-bond acceptors (Lipinski definition) is 2. The fourth-order valence-electron chi connectivity index (χ4n) is 2.13. The first-order valence-corrected chi connectivity index (χ1v) is 7.49. The van der Waals surface area contributed by atoms with Crippen LogP contribution in [0.25, 0.3) is 0 Å². The summed E-state index contributed by atoms with van der Waals surface area (Å²) in [7, 11) is 0. The molecule has 0 atom stereocenters. The number of halogens is 1. The molecule has 0 aromatic carbocycles. The molecular weight excluding hydrogens is 244 g/mol. The molecule has 2 nitrogen and oxygen atoms in total. The third kappa shape index (κ3) is 3.38. The molecule has 0 aliphatic heterocycles. The van der Waals surface area contributed by atoms with Gasteiger partial charge in [0, 0.05) is 24.7 Å². The van der Waals surface area contributed by atoms with Crippen LogP contribution in [0.3, 0.4) is 0 Å². The van der Waals surface area contributed by atoms with Gasteiger partial charge in [-0.1, -0.05) is 13.8 Å². The van der Waals surface area contributed by atoms with E-state index in [-0.39, 0.29) is 0 Å². The Labute approximate surface area is 115 Å². The van der Waals surface area contributed by atoms with Crippen molar-refractivity contribution in [2.24, 2.45) is 5.92 Å². The molecule has 1 saturated carbocycles. The third-order valence-electron chi connectivity index (χ3n) is 3.52. The second-order valence-electron chi connectivity index (χ2n) is 5.53. The van der Waals surface area contributed by atoms with Crippen molar-refractivity contribution in [3.63, 3.8) is 0 Å². The number of pyridine rings is 1. The zero-order valence-electron chi connectivity index (χ0n) is 11.6. The predicted molar refractivity (Wildman–Crippen MR) is 78.5 cm³/mol. The number of nitrogens with zero attached hydrogens (tertiary/aromatic N) is 2. The molecule has 0 saturated heterocycles. The smallest absolute Gasteiger partial charge is 0.129 e. The zero-order chi connectivity index (χ0) is 13.1. The molecule has 0 N–H and O–H groups in total. The van der Waals surface area contributed by atoms with Crippen molar-refractivity contribution in [3.05, 3.63) is 23.4 Å². The summed E-state index contributed by atoms with van der Waals surface area (Å²) in [6.07, 6.45) is 2.76. The van der Waals surface area contributed by atoms with Gasteiger partial charge >= 0.3 is 0 Å². The Morgan fingerprint density at radius 1 is 1.39 bits per heavy atom. The van der Waals surface area contributed by atoms with E-state index in [1.54, 1.807) is 0 Å². The van der Waals surface area contributed by atoms with E-state index in [0.717, 1.165) is 30.5 Å². The second kappa shape index (κ2) is 5.92. The topological polar surface area (TPSA) is 16.1 Å². The van der Waals surface area contributed by atoms with Crippen molar-refractivity contribution in [3.8, 4) is 0 Å². The van der Waals surface area contributed by atoms with Crippen LogP contribution < -0.4 is 4.90 Å². The van der Waals surface area contributed by atoms with Crippen LogP contribution in [0.4, 0.5) is 5.82 Å². The van der Waals surface area contributed by atoms with E-state index in [4.69, 9.17) is 16.6 Å². The highest BCUT2D eigenvalue weighted by atomic mass is 35.5. The summed E-state index contributed by atoms with van der Waals surface area (Å²) in [5.74, 6) is 3.00. The van der Waals surface area contributed by atoms with E-state index in [2.05, 4.69) is 37.8 Å². The van der Waals surface area contributed by atoms with Gasteiger partial charge < -0.3 is 4.90 Å². The van der Waals surface area contributed by atoms with Crippen molar-refractivity contribution in [1.82, 2.24) is 4.98 Å². The van der Waals surface area contributed by atoms with Crippen LogP contribution in [0.5, 0.6) is 0 Å². The van der Waals surface area contributed by atoms with Gasteiger partial charge in [-0.15, -0.1) is 11.6 Å². The van der Waals surface area contributed by atoms with E-state index in [1.165, 1.54) is 18.4 Å². The van der Waals surface area contributed by atoms with Crippen LogP contribution in [0.2, 0.25) is 0 Å². The molecule has 0 bridgehead atoms. The minimum absolute atomic E-state index is 0.451. The van der Waals surface area contributed by atoms with Crippen molar-refractivity contribution in [2.75, 3.05) is 18.0 Å². The van der Waals surface area contributed by atoms with Gasteiger partial charge in [-0.05, 0) is 49.3 Å². The zero-order valence-corrected chi connectivity index (χ0v) is 12.4. The molecule has 1 heterocycles. The molecule has 1 aliphatic carbocycles. The quantitative estimate of drug-likeness (QED) is 0.718. The van der Waals surface area contributed by atoms with Crippen LogP contribution in [0, 0.1) is 5.92 Å². The first-order valence-electron chi connectivity index (χ1n) is 6.95. The molecule has 0 radical (unpaired) electrons. The summed E-state index contributed by atoms with van der Waals surface area (Å²) in [6.45, 7) is 8.73. The van der Waals surface area contributed by atoms with Gasteiger partial charge in [0.15, 0.2) is 0 Å². The molecule has 1 aromatic rings. The van der Waals surface area contributed by atoms with E-state index in [1.807, 2.05) is 0 Å². The fraction of sp³-hybridized carbons (Fsp3) is 0.667. The summed E-state index contributed by atoms with van der Waals surface area (Å²) in [4.78, 5) is 7.19. The molecule has 100 valence electrons.